The number of carbonyl (C=O) groups excluding carboxylic acids is 1. The van der Waals surface area contributed by atoms with E-state index in [1.165, 1.54) is 12.1 Å². The molecule has 3 rings (SSSR count). The van der Waals surface area contributed by atoms with Crippen molar-refractivity contribution in [2.45, 2.75) is 13.8 Å². The highest BCUT2D eigenvalue weighted by Gasteiger charge is 2.18. The average molecular weight is 321 g/mol. The molecule has 0 bridgehead atoms. The Hall–Kier alpha value is -3.28. The lowest BCUT2D eigenvalue weighted by atomic mass is 10.1. The Morgan fingerprint density at radius 2 is 1.83 bits per heavy atom. The molecule has 2 aromatic carbocycles. The first-order valence-electron chi connectivity index (χ1n) is 7.39. The minimum Gasteiger partial charge on any atom is -0.321 e. The van der Waals surface area contributed by atoms with E-state index >= 15 is 0 Å². The molecule has 0 aliphatic carbocycles. The van der Waals surface area contributed by atoms with Gasteiger partial charge in [0.15, 0.2) is 0 Å². The smallest absolute Gasteiger partial charge is 0.273 e. The summed E-state index contributed by atoms with van der Waals surface area (Å²) in [5, 5.41) is 14.7. The van der Waals surface area contributed by atoms with Crippen molar-refractivity contribution in [3.05, 3.63) is 75.5 Å². The molecule has 0 radical (unpaired) electrons. The number of nitrogens with zero attached hydrogens (tertiary/aromatic N) is 2. The number of nitrogens with one attached hydrogen (secondary N) is 1. The molecule has 0 spiro atoms. The van der Waals surface area contributed by atoms with Gasteiger partial charge in [-0.05, 0) is 44.2 Å². The average Bonchev–Trinajstić information content (AvgIpc) is 2.54. The second kappa shape index (κ2) is 6.08. The lowest BCUT2D eigenvalue weighted by molar-refractivity contribution is -0.385. The summed E-state index contributed by atoms with van der Waals surface area (Å²) in [5.41, 5.74) is 2.84. The van der Waals surface area contributed by atoms with Gasteiger partial charge in [-0.1, -0.05) is 12.1 Å². The van der Waals surface area contributed by atoms with E-state index in [-0.39, 0.29) is 17.2 Å². The van der Waals surface area contributed by atoms with Crippen molar-refractivity contribution >= 4 is 28.2 Å². The maximum atomic E-state index is 12.6. The van der Waals surface area contributed by atoms with Gasteiger partial charge in [-0.15, -0.1) is 0 Å². The van der Waals surface area contributed by atoms with Crippen molar-refractivity contribution < 1.29 is 9.72 Å². The molecule has 0 aliphatic heterocycles. The SMILES string of the molecule is Cc1ccc2c(NC(=O)c3cccc([N+](=O)[O-])c3C)cccc2n1. The number of aryl methyl sites for hydroxylation is 1. The fourth-order valence-corrected chi connectivity index (χ4v) is 2.62. The first kappa shape index (κ1) is 15.6. The lowest BCUT2D eigenvalue weighted by Gasteiger charge is -2.10. The van der Waals surface area contributed by atoms with Crippen molar-refractivity contribution in [1.82, 2.24) is 4.98 Å². The second-order valence-corrected chi connectivity index (χ2v) is 5.49. The highest BCUT2D eigenvalue weighted by Crippen LogP contribution is 2.25. The third-order valence-electron chi connectivity index (χ3n) is 3.87. The van der Waals surface area contributed by atoms with Crippen LogP contribution in [0.5, 0.6) is 0 Å². The van der Waals surface area contributed by atoms with Crippen LogP contribution < -0.4 is 5.32 Å². The van der Waals surface area contributed by atoms with Gasteiger partial charge in [0.05, 0.1) is 16.1 Å². The van der Waals surface area contributed by atoms with Gasteiger partial charge in [0.1, 0.15) is 0 Å². The summed E-state index contributed by atoms with van der Waals surface area (Å²) in [6.45, 7) is 3.47. The van der Waals surface area contributed by atoms with E-state index in [0.29, 0.717) is 11.3 Å². The van der Waals surface area contributed by atoms with E-state index < -0.39 is 4.92 Å². The van der Waals surface area contributed by atoms with Gasteiger partial charge in [-0.2, -0.15) is 0 Å². The second-order valence-electron chi connectivity index (χ2n) is 5.49. The number of amides is 1. The lowest BCUT2D eigenvalue weighted by Crippen LogP contribution is -2.14. The van der Waals surface area contributed by atoms with Crippen LogP contribution in [0, 0.1) is 24.0 Å². The van der Waals surface area contributed by atoms with Crippen LogP contribution in [0.4, 0.5) is 11.4 Å². The number of pyridine rings is 1. The van der Waals surface area contributed by atoms with Crippen LogP contribution in [0.2, 0.25) is 0 Å². The first-order valence-corrected chi connectivity index (χ1v) is 7.39. The molecule has 0 saturated heterocycles. The molecule has 1 amide bonds. The number of hydrogen-bond donors (Lipinski definition) is 1. The molecule has 0 fully saturated rings. The summed E-state index contributed by atoms with van der Waals surface area (Å²) >= 11 is 0. The van der Waals surface area contributed by atoms with E-state index in [1.807, 2.05) is 31.2 Å². The van der Waals surface area contributed by atoms with Gasteiger partial charge in [-0.25, -0.2) is 0 Å². The van der Waals surface area contributed by atoms with E-state index in [9.17, 15) is 14.9 Å². The summed E-state index contributed by atoms with van der Waals surface area (Å²) in [6.07, 6.45) is 0. The first-order chi connectivity index (χ1) is 11.5. The van der Waals surface area contributed by atoms with E-state index in [0.717, 1.165) is 16.6 Å². The Morgan fingerprint density at radius 3 is 2.58 bits per heavy atom. The van der Waals surface area contributed by atoms with E-state index in [4.69, 9.17) is 0 Å². The predicted molar refractivity (Wildman–Crippen MR) is 92.3 cm³/mol. The number of nitro groups is 1. The molecule has 0 aliphatic rings. The zero-order valence-corrected chi connectivity index (χ0v) is 13.2. The summed E-state index contributed by atoms with van der Waals surface area (Å²) in [5.74, 6) is -0.385. The van der Waals surface area contributed by atoms with Crippen LogP contribution >= 0.6 is 0 Å². The van der Waals surface area contributed by atoms with Gasteiger partial charge in [0.2, 0.25) is 0 Å². The predicted octanol–water partition coefficient (Wildman–Crippen LogP) is 4.01. The molecule has 6 nitrogen and oxygen atoms in total. The van der Waals surface area contributed by atoms with Crippen LogP contribution in [0.3, 0.4) is 0 Å². The number of hydrogen-bond acceptors (Lipinski definition) is 4. The third kappa shape index (κ3) is 2.81. The Kier molecular flexibility index (Phi) is 3.95. The molecule has 120 valence electrons. The topological polar surface area (TPSA) is 85.1 Å². The van der Waals surface area contributed by atoms with Crippen LogP contribution in [-0.4, -0.2) is 15.8 Å². The third-order valence-corrected chi connectivity index (χ3v) is 3.87. The minimum absolute atomic E-state index is 0.0714. The zero-order valence-electron chi connectivity index (χ0n) is 13.2. The summed E-state index contributed by atoms with van der Waals surface area (Å²) in [7, 11) is 0. The van der Waals surface area contributed by atoms with E-state index in [1.54, 1.807) is 19.1 Å². The molecule has 6 heteroatoms. The van der Waals surface area contributed by atoms with Crippen LogP contribution in [0.1, 0.15) is 21.6 Å². The molecule has 0 unspecified atom stereocenters. The Balaban J connectivity index is 1.99. The fourth-order valence-electron chi connectivity index (χ4n) is 2.62. The van der Waals surface area contributed by atoms with Crippen molar-refractivity contribution in [2.24, 2.45) is 0 Å². The van der Waals surface area contributed by atoms with E-state index in [2.05, 4.69) is 10.3 Å². The number of anilines is 1. The molecular formula is C18H15N3O3. The van der Waals surface area contributed by atoms with Crippen molar-refractivity contribution in [3.63, 3.8) is 0 Å². The number of nitro benzene ring substituents is 1. The minimum atomic E-state index is -0.489. The van der Waals surface area contributed by atoms with Gasteiger partial charge in [-0.3, -0.25) is 19.9 Å². The van der Waals surface area contributed by atoms with Gasteiger partial charge < -0.3 is 5.32 Å². The fraction of sp³-hybridized carbons (Fsp3) is 0.111. The Bertz CT molecular complexity index is 967. The Morgan fingerprint density at radius 1 is 1.08 bits per heavy atom. The highest BCUT2D eigenvalue weighted by atomic mass is 16.6. The van der Waals surface area contributed by atoms with Gasteiger partial charge >= 0.3 is 0 Å². The molecule has 24 heavy (non-hydrogen) atoms. The van der Waals surface area contributed by atoms with Crippen molar-refractivity contribution in [2.75, 3.05) is 5.32 Å². The molecule has 3 aromatic rings. The van der Waals surface area contributed by atoms with Crippen LogP contribution in [-0.2, 0) is 0 Å². The highest BCUT2D eigenvalue weighted by molar-refractivity contribution is 6.09. The van der Waals surface area contributed by atoms with Crippen LogP contribution in [0.25, 0.3) is 10.9 Å². The number of fused-ring (bicyclic) bond motifs is 1. The molecule has 0 atom stereocenters. The standard InChI is InChI=1S/C18H15N3O3/c1-11-9-10-14-15(19-11)6-4-7-16(14)20-18(22)13-5-3-8-17(12(13)2)21(23)24/h3-10H,1-2H3,(H,20,22). The number of carbonyl (C=O) groups is 1. The summed E-state index contributed by atoms with van der Waals surface area (Å²) < 4.78 is 0. The Labute approximate surface area is 138 Å². The largest absolute Gasteiger partial charge is 0.321 e. The number of rotatable bonds is 3. The quantitative estimate of drug-likeness (QED) is 0.583. The summed E-state index contributed by atoms with van der Waals surface area (Å²) in [6, 6.07) is 13.7. The molecule has 1 N–H and O–H groups in total. The zero-order chi connectivity index (χ0) is 17.3. The number of benzene rings is 2. The van der Waals surface area contributed by atoms with Gasteiger partial charge in [0, 0.05) is 28.3 Å². The molecule has 1 aromatic heterocycles. The molecule has 0 saturated carbocycles. The van der Waals surface area contributed by atoms with Gasteiger partial charge in [0.25, 0.3) is 11.6 Å². The maximum absolute atomic E-state index is 12.6. The summed E-state index contributed by atoms with van der Waals surface area (Å²) in [4.78, 5) is 27.5. The van der Waals surface area contributed by atoms with Crippen LogP contribution in [0.15, 0.2) is 48.5 Å². The molecular weight excluding hydrogens is 306 g/mol. The van der Waals surface area contributed by atoms with Crippen molar-refractivity contribution in [1.29, 1.82) is 0 Å². The normalized spacial score (nSPS) is 10.6. The van der Waals surface area contributed by atoms with Crippen molar-refractivity contribution in [3.8, 4) is 0 Å². The monoisotopic (exact) mass is 321 g/mol. The molecule has 1 heterocycles. The maximum Gasteiger partial charge on any atom is 0.273 e. The number of aromatic nitrogens is 1.